The number of amides is 1. The molecule has 1 aliphatic rings. The third kappa shape index (κ3) is 4.46. The lowest BCUT2D eigenvalue weighted by Crippen LogP contribution is -2.38. The molecule has 0 radical (unpaired) electrons. The molecule has 10 heteroatoms. The van der Waals surface area contributed by atoms with Crippen molar-refractivity contribution >= 4 is 38.4 Å². The molecule has 1 saturated heterocycles. The molecule has 1 aliphatic heterocycles. The minimum Gasteiger partial charge on any atom is -0.497 e. The number of hydroxylamine groups is 1. The Bertz CT molecular complexity index is 1280. The number of nitrogens with zero attached hydrogens (tertiary/aromatic N) is 2. The Labute approximate surface area is 198 Å². The van der Waals surface area contributed by atoms with Gasteiger partial charge in [-0.05, 0) is 60.7 Å². The Morgan fingerprint density at radius 1 is 1.15 bits per heavy atom. The van der Waals surface area contributed by atoms with E-state index in [1.165, 1.54) is 31.9 Å². The third-order valence-electron chi connectivity index (χ3n) is 6.19. The van der Waals surface area contributed by atoms with Crippen LogP contribution in [0.4, 0.5) is 0 Å². The first-order chi connectivity index (χ1) is 15.8. The average molecular weight is 492 g/mol. The summed E-state index contributed by atoms with van der Waals surface area (Å²) in [6, 6.07) is 10.3. The molecule has 1 N–H and O–H groups in total. The second-order valence-corrected chi connectivity index (χ2v) is 10.3. The summed E-state index contributed by atoms with van der Waals surface area (Å²) in [4.78, 5) is 22.9. The number of ether oxygens (including phenoxy) is 1. The number of likely N-dealkylation sites (tertiary alicyclic amines) is 1. The van der Waals surface area contributed by atoms with Gasteiger partial charge in [0.2, 0.25) is 0 Å². The summed E-state index contributed by atoms with van der Waals surface area (Å²) in [5.74, 6) is 0.900. The Balaban J connectivity index is 1.51. The SMILES string of the molecule is COc1ccc2[nH]cc(C3CCN(C(=O)c4ccc(Cl)c(S(=O)(=O)N(C)OC)c4)CC3)c2c1. The minimum absolute atomic E-state index is 0.0314. The van der Waals surface area contributed by atoms with Crippen LogP contribution in [0.25, 0.3) is 10.9 Å². The molecule has 3 aromatic rings. The van der Waals surface area contributed by atoms with Crippen LogP contribution in [0.3, 0.4) is 0 Å². The number of sulfonamides is 1. The van der Waals surface area contributed by atoms with Gasteiger partial charge in [-0.15, -0.1) is 0 Å². The van der Waals surface area contributed by atoms with Gasteiger partial charge >= 0.3 is 0 Å². The van der Waals surface area contributed by atoms with Crippen LogP contribution < -0.4 is 4.74 Å². The van der Waals surface area contributed by atoms with Crippen LogP contribution >= 0.6 is 11.6 Å². The average Bonchev–Trinajstić information content (AvgIpc) is 3.26. The van der Waals surface area contributed by atoms with Crippen LogP contribution in [0, 0.1) is 0 Å². The lowest BCUT2D eigenvalue weighted by molar-refractivity contribution is -0.0258. The fourth-order valence-electron chi connectivity index (χ4n) is 4.23. The van der Waals surface area contributed by atoms with E-state index in [2.05, 4.69) is 4.98 Å². The normalized spacial score (nSPS) is 15.4. The van der Waals surface area contributed by atoms with E-state index in [0.717, 1.165) is 29.5 Å². The molecule has 0 unspecified atom stereocenters. The highest BCUT2D eigenvalue weighted by Crippen LogP contribution is 2.35. The molecular weight excluding hydrogens is 466 g/mol. The fraction of sp³-hybridized carbons (Fsp3) is 0.348. The molecule has 0 saturated carbocycles. The minimum atomic E-state index is -3.98. The molecule has 8 nitrogen and oxygen atoms in total. The van der Waals surface area contributed by atoms with E-state index in [0.29, 0.717) is 23.5 Å². The highest BCUT2D eigenvalue weighted by Gasteiger charge is 2.29. The van der Waals surface area contributed by atoms with Crippen molar-refractivity contribution in [2.24, 2.45) is 0 Å². The number of hydrogen-bond donors (Lipinski definition) is 1. The number of aromatic amines is 1. The molecule has 2 aromatic carbocycles. The van der Waals surface area contributed by atoms with Gasteiger partial charge in [-0.1, -0.05) is 16.1 Å². The number of hydrogen-bond acceptors (Lipinski definition) is 5. The number of carbonyl (C=O) groups excluding carboxylic acids is 1. The van der Waals surface area contributed by atoms with Gasteiger partial charge in [-0.2, -0.15) is 0 Å². The number of aromatic nitrogens is 1. The van der Waals surface area contributed by atoms with E-state index < -0.39 is 10.0 Å². The number of halogens is 1. The molecule has 176 valence electrons. The van der Waals surface area contributed by atoms with Crippen LogP contribution in [-0.2, 0) is 14.9 Å². The van der Waals surface area contributed by atoms with Gasteiger partial charge < -0.3 is 14.6 Å². The molecule has 0 bridgehead atoms. The maximum Gasteiger partial charge on any atom is 0.266 e. The van der Waals surface area contributed by atoms with E-state index in [4.69, 9.17) is 21.2 Å². The van der Waals surface area contributed by atoms with Crippen LogP contribution in [0.2, 0.25) is 5.02 Å². The maximum atomic E-state index is 13.1. The molecule has 4 rings (SSSR count). The van der Waals surface area contributed by atoms with Gasteiger partial charge in [0.25, 0.3) is 15.9 Å². The van der Waals surface area contributed by atoms with Crippen LogP contribution in [0.15, 0.2) is 47.5 Å². The zero-order valence-electron chi connectivity index (χ0n) is 18.7. The summed E-state index contributed by atoms with van der Waals surface area (Å²) in [6.45, 7) is 1.14. The zero-order chi connectivity index (χ0) is 23.8. The number of benzene rings is 2. The van der Waals surface area contributed by atoms with Crippen molar-refractivity contribution in [2.45, 2.75) is 23.7 Å². The number of piperidine rings is 1. The Kier molecular flexibility index (Phi) is 6.67. The molecule has 0 aliphatic carbocycles. The van der Waals surface area contributed by atoms with Gasteiger partial charge in [0.05, 0.1) is 19.2 Å². The molecule has 2 heterocycles. The second-order valence-electron chi connectivity index (χ2n) is 7.96. The molecule has 1 fully saturated rings. The zero-order valence-corrected chi connectivity index (χ0v) is 20.2. The standard InChI is InChI=1S/C23H26ClN3O5S/c1-26(32-3)33(29,30)22-12-16(4-6-20(22)24)23(28)27-10-8-15(9-11-27)19-14-25-21-7-5-17(31-2)13-18(19)21/h4-7,12-15,25H,8-11H2,1-3H3. The summed E-state index contributed by atoms with van der Waals surface area (Å²) in [5.41, 5.74) is 2.55. The van der Waals surface area contributed by atoms with E-state index >= 15 is 0 Å². The van der Waals surface area contributed by atoms with Crippen molar-refractivity contribution in [2.75, 3.05) is 34.4 Å². The maximum absolute atomic E-state index is 13.1. The summed E-state index contributed by atoms with van der Waals surface area (Å²) < 4.78 is 31.4. The van der Waals surface area contributed by atoms with Crippen molar-refractivity contribution in [1.82, 2.24) is 14.4 Å². The Hall–Kier alpha value is -2.59. The lowest BCUT2D eigenvalue weighted by atomic mass is 9.89. The number of rotatable bonds is 6. The van der Waals surface area contributed by atoms with Crippen molar-refractivity contribution in [3.8, 4) is 5.75 Å². The Morgan fingerprint density at radius 3 is 2.55 bits per heavy atom. The largest absolute Gasteiger partial charge is 0.497 e. The molecule has 33 heavy (non-hydrogen) atoms. The predicted octanol–water partition coefficient (Wildman–Crippen LogP) is 4.03. The quantitative estimate of drug-likeness (QED) is 0.525. The van der Waals surface area contributed by atoms with Gasteiger partial charge in [-0.25, -0.2) is 8.42 Å². The smallest absolute Gasteiger partial charge is 0.266 e. The lowest BCUT2D eigenvalue weighted by Gasteiger charge is -2.32. The summed E-state index contributed by atoms with van der Waals surface area (Å²) in [5, 5.41) is 1.16. The molecule has 0 spiro atoms. The van der Waals surface area contributed by atoms with E-state index in [9.17, 15) is 13.2 Å². The first kappa shape index (κ1) is 23.6. The molecule has 0 atom stereocenters. The van der Waals surface area contributed by atoms with Crippen molar-refractivity contribution < 1.29 is 22.8 Å². The van der Waals surface area contributed by atoms with E-state index in [1.54, 1.807) is 18.1 Å². The highest BCUT2D eigenvalue weighted by atomic mass is 35.5. The van der Waals surface area contributed by atoms with Crippen LogP contribution in [0.5, 0.6) is 5.75 Å². The third-order valence-corrected chi connectivity index (χ3v) is 8.36. The van der Waals surface area contributed by atoms with E-state index in [1.807, 2.05) is 24.4 Å². The number of fused-ring (bicyclic) bond motifs is 1. The van der Waals surface area contributed by atoms with Crippen molar-refractivity contribution in [3.63, 3.8) is 0 Å². The van der Waals surface area contributed by atoms with E-state index in [-0.39, 0.29) is 21.4 Å². The molecule has 1 aromatic heterocycles. The number of nitrogens with one attached hydrogen (secondary N) is 1. The van der Waals surface area contributed by atoms with Gasteiger partial charge in [0.1, 0.15) is 10.6 Å². The topological polar surface area (TPSA) is 91.9 Å². The van der Waals surface area contributed by atoms with Gasteiger partial charge in [-0.3, -0.25) is 9.63 Å². The van der Waals surface area contributed by atoms with Crippen molar-refractivity contribution in [3.05, 3.63) is 58.7 Å². The van der Waals surface area contributed by atoms with Crippen molar-refractivity contribution in [1.29, 1.82) is 0 Å². The number of H-pyrrole nitrogens is 1. The highest BCUT2D eigenvalue weighted by molar-refractivity contribution is 7.89. The first-order valence-corrected chi connectivity index (χ1v) is 12.3. The summed E-state index contributed by atoms with van der Waals surface area (Å²) in [7, 11) is 0.188. The monoisotopic (exact) mass is 491 g/mol. The molecule has 1 amide bonds. The van der Waals surface area contributed by atoms with Gasteiger partial charge in [0, 0.05) is 42.8 Å². The predicted molar refractivity (Wildman–Crippen MR) is 126 cm³/mol. The fourth-order valence-corrected chi connectivity index (χ4v) is 5.71. The van der Waals surface area contributed by atoms with Crippen LogP contribution in [0.1, 0.15) is 34.7 Å². The Morgan fingerprint density at radius 2 is 1.88 bits per heavy atom. The second kappa shape index (κ2) is 9.34. The molecular formula is C23H26ClN3O5S. The number of carbonyl (C=O) groups is 1. The summed E-state index contributed by atoms with van der Waals surface area (Å²) in [6.07, 6.45) is 3.65. The summed E-state index contributed by atoms with van der Waals surface area (Å²) >= 11 is 6.12. The van der Waals surface area contributed by atoms with Gasteiger partial charge in [0.15, 0.2) is 0 Å². The van der Waals surface area contributed by atoms with Crippen LogP contribution in [-0.4, -0.2) is 63.0 Å². The first-order valence-electron chi connectivity index (χ1n) is 10.5. The number of methoxy groups -OCH3 is 1.